The molecule has 0 radical (unpaired) electrons. The quantitative estimate of drug-likeness (QED) is 0.177. The van der Waals surface area contributed by atoms with E-state index in [1.165, 1.54) is 49.5 Å². The molecule has 0 bridgehead atoms. The lowest BCUT2D eigenvalue weighted by atomic mass is 9.88. The molecule has 47 heavy (non-hydrogen) atoms. The summed E-state index contributed by atoms with van der Waals surface area (Å²) in [7, 11) is -2.46. The molecule has 3 nitrogen and oxygen atoms in total. The van der Waals surface area contributed by atoms with Crippen LogP contribution < -0.4 is 9.61 Å². The summed E-state index contributed by atoms with van der Waals surface area (Å²) in [4.78, 5) is 5.45. The number of hydrogen-bond acceptors (Lipinski definition) is 2. The fourth-order valence-corrected chi connectivity index (χ4v) is 10.1. The summed E-state index contributed by atoms with van der Waals surface area (Å²) in [5.74, 6) is 2.60. The minimum Gasteiger partial charge on any atom is -0.539 e. The van der Waals surface area contributed by atoms with E-state index in [0.717, 1.165) is 33.7 Å². The van der Waals surface area contributed by atoms with Crippen LogP contribution in [0.5, 0.6) is 5.75 Å². The highest BCUT2D eigenvalue weighted by atomic mass is 28.4. The van der Waals surface area contributed by atoms with Gasteiger partial charge in [0, 0.05) is 16.5 Å². The second-order valence-corrected chi connectivity index (χ2v) is 17.7. The van der Waals surface area contributed by atoms with Crippen molar-refractivity contribution in [3.63, 3.8) is 0 Å². The van der Waals surface area contributed by atoms with E-state index in [4.69, 9.17) is 9.41 Å². The molecule has 8 rings (SSSR count). The van der Waals surface area contributed by atoms with Gasteiger partial charge in [0.1, 0.15) is 11.6 Å². The van der Waals surface area contributed by atoms with E-state index in [1.54, 1.807) is 0 Å². The Morgan fingerprint density at radius 3 is 2.02 bits per heavy atom. The Morgan fingerprint density at radius 2 is 1.28 bits per heavy atom. The molecule has 7 aromatic rings. The SMILES string of the molecule is CC(C)c1cc(-c2ccccc2)cc(C(C)C)c1-n1c(-c2cccc3c2[Si](C)(C)Oc2c-3ccc3ccccc23)nc2ccccc21. The summed E-state index contributed by atoms with van der Waals surface area (Å²) in [6, 6.07) is 44.0. The van der Waals surface area contributed by atoms with Crippen LogP contribution in [-0.2, 0) is 0 Å². The van der Waals surface area contributed by atoms with Gasteiger partial charge in [-0.15, -0.1) is 0 Å². The number of rotatable bonds is 5. The Morgan fingerprint density at radius 1 is 0.617 bits per heavy atom. The van der Waals surface area contributed by atoms with E-state index in [2.05, 4.69) is 167 Å². The van der Waals surface area contributed by atoms with Gasteiger partial charge in [0.15, 0.2) is 0 Å². The molecule has 6 aromatic carbocycles. The van der Waals surface area contributed by atoms with Gasteiger partial charge in [0.2, 0.25) is 0 Å². The second kappa shape index (κ2) is 11.1. The van der Waals surface area contributed by atoms with E-state index in [0.29, 0.717) is 11.8 Å². The van der Waals surface area contributed by atoms with Crippen molar-refractivity contribution >= 4 is 35.3 Å². The van der Waals surface area contributed by atoms with Crippen molar-refractivity contribution in [1.29, 1.82) is 0 Å². The van der Waals surface area contributed by atoms with E-state index in [-0.39, 0.29) is 0 Å². The van der Waals surface area contributed by atoms with Crippen LogP contribution in [0.1, 0.15) is 50.7 Å². The summed E-state index contributed by atoms with van der Waals surface area (Å²) >= 11 is 0. The van der Waals surface area contributed by atoms with Gasteiger partial charge in [-0.05, 0) is 87.6 Å². The lowest BCUT2D eigenvalue weighted by molar-refractivity contribution is 0.569. The molecule has 0 fully saturated rings. The molecule has 0 saturated carbocycles. The van der Waals surface area contributed by atoms with Crippen molar-refractivity contribution in [3.8, 4) is 45.1 Å². The number of fused-ring (bicyclic) bond motifs is 6. The molecule has 0 atom stereocenters. The van der Waals surface area contributed by atoms with Crippen molar-refractivity contribution in [2.75, 3.05) is 0 Å². The topological polar surface area (TPSA) is 27.1 Å². The Balaban J connectivity index is 1.45. The van der Waals surface area contributed by atoms with Crippen molar-refractivity contribution in [2.24, 2.45) is 0 Å². The Kier molecular flexibility index (Phi) is 6.96. The normalized spacial score (nSPS) is 13.6. The van der Waals surface area contributed by atoms with Crippen LogP contribution in [0.2, 0.25) is 13.1 Å². The number of para-hydroxylation sites is 2. The van der Waals surface area contributed by atoms with E-state index < -0.39 is 8.32 Å². The molecule has 1 aliphatic heterocycles. The fraction of sp³-hybridized carbons (Fsp3) is 0.186. The molecule has 0 saturated heterocycles. The Labute approximate surface area is 278 Å². The second-order valence-electron chi connectivity index (χ2n) is 13.9. The first-order valence-electron chi connectivity index (χ1n) is 16.8. The summed E-state index contributed by atoms with van der Waals surface area (Å²) in [5, 5.41) is 3.69. The van der Waals surface area contributed by atoms with Gasteiger partial charge < -0.3 is 4.43 Å². The van der Waals surface area contributed by atoms with Gasteiger partial charge in [-0.1, -0.05) is 125 Å². The molecule has 0 N–H and O–H groups in total. The summed E-state index contributed by atoms with van der Waals surface area (Å²) in [6.45, 7) is 13.9. The largest absolute Gasteiger partial charge is 0.539 e. The molecule has 4 heteroatoms. The number of imidazole rings is 1. The van der Waals surface area contributed by atoms with E-state index in [9.17, 15) is 0 Å². The maximum Gasteiger partial charge on any atom is 0.278 e. The highest BCUT2D eigenvalue weighted by molar-refractivity contribution is 6.87. The number of nitrogens with zero attached hydrogens (tertiary/aromatic N) is 2. The molecule has 2 heterocycles. The van der Waals surface area contributed by atoms with Gasteiger partial charge in [-0.3, -0.25) is 4.57 Å². The van der Waals surface area contributed by atoms with Gasteiger partial charge in [-0.2, -0.15) is 0 Å². The van der Waals surface area contributed by atoms with Crippen LogP contribution in [0.4, 0.5) is 0 Å². The third-order valence-corrected chi connectivity index (χ3v) is 12.2. The maximum absolute atomic E-state index is 7.13. The predicted octanol–water partition coefficient (Wildman–Crippen LogP) is 11.2. The highest BCUT2D eigenvalue weighted by Gasteiger charge is 2.40. The summed E-state index contributed by atoms with van der Waals surface area (Å²) < 4.78 is 9.59. The van der Waals surface area contributed by atoms with Crippen LogP contribution in [-0.4, -0.2) is 17.9 Å². The van der Waals surface area contributed by atoms with Crippen molar-refractivity contribution < 1.29 is 4.43 Å². The monoisotopic (exact) mass is 628 g/mol. The number of aromatic nitrogens is 2. The lowest BCUT2D eigenvalue weighted by Gasteiger charge is -2.35. The number of hydrogen-bond donors (Lipinski definition) is 0. The van der Waals surface area contributed by atoms with Crippen LogP contribution in [0.15, 0.2) is 121 Å². The van der Waals surface area contributed by atoms with E-state index in [1.807, 2.05) is 0 Å². The average molecular weight is 629 g/mol. The van der Waals surface area contributed by atoms with Crippen LogP contribution in [0.25, 0.3) is 61.1 Å². The van der Waals surface area contributed by atoms with Gasteiger partial charge in [0.05, 0.1) is 16.7 Å². The standard InChI is InChI=1S/C43H40N2OSi/c1-27(2)36-25-31(29-15-8-7-9-16-29)26-37(28(3)4)40(36)45-39-22-13-12-21-38(39)44-43(45)35-20-14-19-34-33-24-23-30-17-10-11-18-32(30)41(33)46-47(5,6)42(34)35/h7-28H,1-6H3. The fourth-order valence-electron chi connectivity index (χ4n) is 7.53. The zero-order valence-corrected chi connectivity index (χ0v) is 29.0. The number of benzene rings is 6. The van der Waals surface area contributed by atoms with Crippen molar-refractivity contribution in [1.82, 2.24) is 9.55 Å². The van der Waals surface area contributed by atoms with Crippen LogP contribution >= 0.6 is 0 Å². The minimum atomic E-state index is -2.46. The smallest absolute Gasteiger partial charge is 0.278 e. The van der Waals surface area contributed by atoms with Crippen LogP contribution in [0.3, 0.4) is 0 Å². The zero-order chi connectivity index (χ0) is 32.4. The van der Waals surface area contributed by atoms with E-state index >= 15 is 0 Å². The Bertz CT molecular complexity index is 2280. The highest BCUT2D eigenvalue weighted by Crippen LogP contribution is 2.45. The molecule has 0 unspecified atom stereocenters. The zero-order valence-electron chi connectivity index (χ0n) is 28.0. The maximum atomic E-state index is 7.13. The minimum absolute atomic E-state index is 0.305. The van der Waals surface area contributed by atoms with Crippen molar-refractivity contribution in [2.45, 2.75) is 52.6 Å². The van der Waals surface area contributed by atoms with Gasteiger partial charge in [-0.25, -0.2) is 4.98 Å². The van der Waals surface area contributed by atoms with Gasteiger partial charge >= 0.3 is 0 Å². The predicted molar refractivity (Wildman–Crippen MR) is 201 cm³/mol. The summed E-state index contributed by atoms with van der Waals surface area (Å²) in [5.41, 5.74) is 12.1. The first-order chi connectivity index (χ1) is 22.7. The van der Waals surface area contributed by atoms with Crippen LogP contribution in [0, 0.1) is 0 Å². The lowest BCUT2D eigenvalue weighted by Crippen LogP contribution is -2.52. The first kappa shape index (κ1) is 29.5. The molecular formula is C43H40N2OSi. The summed E-state index contributed by atoms with van der Waals surface area (Å²) in [6.07, 6.45) is 0. The molecule has 0 spiro atoms. The third kappa shape index (κ3) is 4.73. The molecule has 232 valence electrons. The molecule has 0 amide bonds. The molecule has 1 aromatic heterocycles. The molecule has 0 aliphatic carbocycles. The van der Waals surface area contributed by atoms with Gasteiger partial charge in [0.25, 0.3) is 8.32 Å². The van der Waals surface area contributed by atoms with Crippen molar-refractivity contribution in [3.05, 3.63) is 132 Å². The Hall–Kier alpha value is -4.93. The first-order valence-corrected chi connectivity index (χ1v) is 19.7. The average Bonchev–Trinajstić information content (AvgIpc) is 3.46. The third-order valence-electron chi connectivity index (χ3n) is 9.74. The molecular weight excluding hydrogens is 589 g/mol. The molecule has 1 aliphatic rings.